The minimum absolute atomic E-state index is 0.253. The predicted octanol–water partition coefficient (Wildman–Crippen LogP) is 3.91. The van der Waals surface area contributed by atoms with E-state index in [2.05, 4.69) is 12.2 Å². The Balaban J connectivity index is 2.16. The van der Waals surface area contributed by atoms with Crippen molar-refractivity contribution >= 4 is 11.4 Å². The summed E-state index contributed by atoms with van der Waals surface area (Å²) >= 11 is 0. The van der Waals surface area contributed by atoms with Crippen molar-refractivity contribution in [3.05, 3.63) is 69.5 Å². The maximum absolute atomic E-state index is 13.3. The summed E-state index contributed by atoms with van der Waals surface area (Å²) in [5.74, 6) is -0.620. The quantitative estimate of drug-likeness (QED) is 0.664. The molecule has 5 heteroatoms. The molecule has 0 bridgehead atoms. The van der Waals surface area contributed by atoms with Crippen molar-refractivity contribution in [1.29, 1.82) is 0 Å². The van der Waals surface area contributed by atoms with Gasteiger partial charge in [-0.25, -0.2) is 4.39 Å². The fourth-order valence-corrected chi connectivity index (χ4v) is 2.05. The second-order valence-corrected chi connectivity index (χ2v) is 4.43. The summed E-state index contributed by atoms with van der Waals surface area (Å²) in [6.45, 7) is 2.57. The molecule has 104 valence electrons. The van der Waals surface area contributed by atoms with E-state index in [9.17, 15) is 14.5 Å². The Morgan fingerprint density at radius 2 is 1.90 bits per heavy atom. The van der Waals surface area contributed by atoms with Gasteiger partial charge in [0.05, 0.1) is 11.0 Å². The van der Waals surface area contributed by atoms with Gasteiger partial charge in [-0.1, -0.05) is 31.2 Å². The van der Waals surface area contributed by atoms with E-state index in [1.165, 1.54) is 17.7 Å². The number of anilines is 1. The van der Waals surface area contributed by atoms with Crippen molar-refractivity contribution in [3.8, 4) is 0 Å². The van der Waals surface area contributed by atoms with E-state index in [4.69, 9.17) is 0 Å². The van der Waals surface area contributed by atoms with Gasteiger partial charge in [-0.2, -0.15) is 0 Å². The van der Waals surface area contributed by atoms with Crippen molar-refractivity contribution in [2.45, 2.75) is 19.9 Å². The molecule has 2 aromatic carbocycles. The largest absolute Gasteiger partial charge is 0.381 e. The van der Waals surface area contributed by atoms with Gasteiger partial charge in [0.2, 0.25) is 0 Å². The van der Waals surface area contributed by atoms with E-state index >= 15 is 0 Å². The van der Waals surface area contributed by atoms with Crippen molar-refractivity contribution in [1.82, 2.24) is 0 Å². The first-order valence-electron chi connectivity index (χ1n) is 6.35. The summed E-state index contributed by atoms with van der Waals surface area (Å²) in [5.41, 5.74) is 2.45. The standard InChI is InChI=1S/C15H15FN2O2/c1-2-11-5-3-4-6-12(11)10-17-14-7-13(16)8-15(9-14)18(19)20/h3-9,17H,2,10H2,1H3. The second kappa shape index (κ2) is 6.14. The number of nitro benzene ring substituents is 1. The molecule has 2 aromatic rings. The summed E-state index contributed by atoms with van der Waals surface area (Å²) in [5, 5.41) is 13.7. The molecule has 0 saturated heterocycles. The first-order valence-corrected chi connectivity index (χ1v) is 6.35. The normalized spacial score (nSPS) is 10.3. The molecule has 0 saturated carbocycles. The van der Waals surface area contributed by atoms with E-state index in [1.807, 2.05) is 24.3 Å². The van der Waals surface area contributed by atoms with Gasteiger partial charge in [0.25, 0.3) is 5.69 Å². The summed E-state index contributed by atoms with van der Waals surface area (Å²) < 4.78 is 13.3. The lowest BCUT2D eigenvalue weighted by Crippen LogP contribution is -2.03. The Hall–Kier alpha value is -2.43. The molecule has 0 atom stereocenters. The molecule has 0 spiro atoms. The topological polar surface area (TPSA) is 55.2 Å². The van der Waals surface area contributed by atoms with Crippen LogP contribution in [0.1, 0.15) is 18.1 Å². The number of hydrogen-bond donors (Lipinski definition) is 1. The van der Waals surface area contributed by atoms with Crippen molar-refractivity contribution in [2.24, 2.45) is 0 Å². The van der Waals surface area contributed by atoms with Crippen LogP contribution in [0.25, 0.3) is 0 Å². The van der Waals surface area contributed by atoms with Gasteiger partial charge in [-0.15, -0.1) is 0 Å². The van der Waals surface area contributed by atoms with Crippen LogP contribution in [0.15, 0.2) is 42.5 Å². The number of halogens is 1. The lowest BCUT2D eigenvalue weighted by Gasteiger charge is -2.10. The molecule has 2 rings (SSSR count). The number of nitro groups is 1. The highest BCUT2D eigenvalue weighted by atomic mass is 19.1. The number of nitrogens with zero attached hydrogens (tertiary/aromatic N) is 1. The Morgan fingerprint density at radius 3 is 2.55 bits per heavy atom. The zero-order valence-electron chi connectivity index (χ0n) is 11.1. The monoisotopic (exact) mass is 274 g/mol. The number of aryl methyl sites for hydroxylation is 1. The van der Waals surface area contributed by atoms with E-state index in [1.54, 1.807) is 0 Å². The van der Waals surface area contributed by atoms with Gasteiger partial charge in [0.15, 0.2) is 0 Å². The van der Waals surface area contributed by atoms with E-state index in [-0.39, 0.29) is 5.69 Å². The zero-order valence-corrected chi connectivity index (χ0v) is 11.1. The van der Waals surface area contributed by atoms with Gasteiger partial charge in [0.1, 0.15) is 5.82 Å². The van der Waals surface area contributed by atoms with Gasteiger partial charge >= 0.3 is 0 Å². The van der Waals surface area contributed by atoms with E-state index < -0.39 is 10.7 Å². The molecule has 0 amide bonds. The van der Waals surface area contributed by atoms with Crippen LogP contribution in [0, 0.1) is 15.9 Å². The second-order valence-electron chi connectivity index (χ2n) is 4.43. The number of non-ortho nitro benzene ring substituents is 1. The molecule has 0 aromatic heterocycles. The van der Waals surface area contributed by atoms with Crippen molar-refractivity contribution in [2.75, 3.05) is 5.32 Å². The molecule has 0 aliphatic heterocycles. The minimum atomic E-state index is -0.620. The van der Waals surface area contributed by atoms with Gasteiger partial charge < -0.3 is 5.32 Å². The zero-order chi connectivity index (χ0) is 14.5. The molecule has 4 nitrogen and oxygen atoms in total. The molecule has 0 aliphatic carbocycles. The molecule has 0 heterocycles. The van der Waals surface area contributed by atoms with Crippen molar-refractivity contribution in [3.63, 3.8) is 0 Å². The number of benzene rings is 2. The van der Waals surface area contributed by atoms with Crippen LogP contribution in [0.3, 0.4) is 0 Å². The summed E-state index contributed by atoms with van der Waals surface area (Å²) in [6, 6.07) is 11.4. The van der Waals surface area contributed by atoms with Crippen LogP contribution in [-0.2, 0) is 13.0 Å². The van der Waals surface area contributed by atoms with Crippen LogP contribution in [-0.4, -0.2) is 4.92 Å². The summed E-state index contributed by atoms with van der Waals surface area (Å²) in [6.07, 6.45) is 0.904. The first-order chi connectivity index (χ1) is 9.60. The molecule has 20 heavy (non-hydrogen) atoms. The maximum Gasteiger partial charge on any atom is 0.274 e. The third kappa shape index (κ3) is 3.32. The molecule has 0 fully saturated rings. The molecular formula is C15H15FN2O2. The SMILES string of the molecule is CCc1ccccc1CNc1cc(F)cc([N+](=O)[O-])c1. The fourth-order valence-electron chi connectivity index (χ4n) is 2.05. The van der Waals surface area contributed by atoms with Crippen LogP contribution >= 0.6 is 0 Å². The maximum atomic E-state index is 13.3. The fraction of sp³-hybridized carbons (Fsp3) is 0.200. The Kier molecular flexibility index (Phi) is 4.30. The lowest BCUT2D eigenvalue weighted by atomic mass is 10.1. The van der Waals surface area contributed by atoms with Crippen LogP contribution in [0.2, 0.25) is 0 Å². The molecule has 0 radical (unpaired) electrons. The van der Waals surface area contributed by atoms with Crippen LogP contribution < -0.4 is 5.32 Å². The molecule has 1 N–H and O–H groups in total. The van der Waals surface area contributed by atoms with Gasteiger partial charge in [0, 0.05) is 18.3 Å². The Bertz CT molecular complexity index is 629. The summed E-state index contributed by atoms with van der Waals surface area (Å²) in [7, 11) is 0. The first kappa shape index (κ1) is 14.0. The number of hydrogen-bond acceptors (Lipinski definition) is 3. The molecular weight excluding hydrogens is 259 g/mol. The van der Waals surface area contributed by atoms with Gasteiger partial charge in [-0.05, 0) is 23.6 Å². The highest BCUT2D eigenvalue weighted by molar-refractivity contribution is 5.52. The number of nitrogens with one attached hydrogen (secondary N) is 1. The summed E-state index contributed by atoms with van der Waals surface area (Å²) in [4.78, 5) is 10.1. The Labute approximate surface area is 116 Å². The average Bonchev–Trinajstić information content (AvgIpc) is 2.44. The smallest absolute Gasteiger partial charge is 0.274 e. The lowest BCUT2D eigenvalue weighted by molar-refractivity contribution is -0.385. The predicted molar refractivity (Wildman–Crippen MR) is 76.2 cm³/mol. The highest BCUT2D eigenvalue weighted by Gasteiger charge is 2.10. The van der Waals surface area contributed by atoms with Crippen molar-refractivity contribution < 1.29 is 9.31 Å². The molecule has 0 aliphatic rings. The number of rotatable bonds is 5. The highest BCUT2D eigenvalue weighted by Crippen LogP contribution is 2.21. The third-order valence-electron chi connectivity index (χ3n) is 3.08. The molecule has 0 unspecified atom stereocenters. The minimum Gasteiger partial charge on any atom is -0.381 e. The van der Waals surface area contributed by atoms with Gasteiger partial charge in [-0.3, -0.25) is 10.1 Å². The Morgan fingerprint density at radius 1 is 1.20 bits per heavy atom. The van der Waals surface area contributed by atoms with E-state index in [0.29, 0.717) is 12.2 Å². The third-order valence-corrected chi connectivity index (χ3v) is 3.08. The van der Waals surface area contributed by atoms with Crippen LogP contribution in [0.5, 0.6) is 0 Å². The van der Waals surface area contributed by atoms with Crippen LogP contribution in [0.4, 0.5) is 15.8 Å². The average molecular weight is 274 g/mol. The van der Waals surface area contributed by atoms with E-state index in [0.717, 1.165) is 18.1 Å².